The van der Waals surface area contributed by atoms with E-state index in [1.54, 1.807) is 24.3 Å². The molecule has 0 atom stereocenters. The Labute approximate surface area is 129 Å². The molecule has 0 amide bonds. The lowest BCUT2D eigenvalue weighted by atomic mass is 10.1. The van der Waals surface area contributed by atoms with E-state index in [2.05, 4.69) is 13.8 Å². The Balaban J connectivity index is 0.00000191. The van der Waals surface area contributed by atoms with Crippen molar-refractivity contribution in [3.8, 4) is 5.75 Å². The molecule has 0 N–H and O–H groups in total. The normalized spacial score (nSPS) is 10.7. The zero-order valence-corrected chi connectivity index (χ0v) is 14.5. The fourth-order valence-electron chi connectivity index (χ4n) is 1.44. The molecule has 3 heteroatoms. The average molecular weight is 294 g/mol. The van der Waals surface area contributed by atoms with Crippen molar-refractivity contribution >= 4 is 5.97 Å². The van der Waals surface area contributed by atoms with Crippen LogP contribution in [0.4, 0.5) is 0 Å². The molecular weight excluding hydrogens is 264 g/mol. The number of esters is 1. The van der Waals surface area contributed by atoms with Crippen molar-refractivity contribution in [2.75, 3.05) is 6.61 Å². The van der Waals surface area contributed by atoms with Crippen LogP contribution in [0.25, 0.3) is 0 Å². The number of carbonyl (C=O) groups excluding carboxylic acids is 1. The Morgan fingerprint density at radius 3 is 2.05 bits per heavy atom. The zero-order chi connectivity index (χ0) is 16.5. The van der Waals surface area contributed by atoms with Gasteiger partial charge in [-0.3, -0.25) is 0 Å². The van der Waals surface area contributed by atoms with Gasteiger partial charge in [0.2, 0.25) is 0 Å². The predicted octanol–water partition coefficient (Wildman–Crippen LogP) is 5.09. The molecule has 0 bridgehead atoms. The number of ether oxygens (including phenoxy) is 2. The van der Waals surface area contributed by atoms with Crippen LogP contribution in [-0.2, 0) is 4.74 Å². The van der Waals surface area contributed by atoms with Crippen molar-refractivity contribution in [2.24, 2.45) is 5.92 Å². The average Bonchev–Trinajstić information content (AvgIpc) is 2.39. The summed E-state index contributed by atoms with van der Waals surface area (Å²) in [6.45, 7) is 14.6. The molecule has 0 unspecified atom stereocenters. The van der Waals surface area contributed by atoms with Crippen molar-refractivity contribution in [1.82, 2.24) is 0 Å². The Morgan fingerprint density at radius 2 is 1.62 bits per heavy atom. The highest BCUT2D eigenvalue weighted by atomic mass is 16.6. The van der Waals surface area contributed by atoms with E-state index in [1.807, 2.05) is 34.6 Å². The quantitative estimate of drug-likeness (QED) is 0.709. The van der Waals surface area contributed by atoms with Gasteiger partial charge in [-0.2, -0.15) is 0 Å². The first-order valence-electron chi connectivity index (χ1n) is 7.74. The molecule has 0 aliphatic rings. The summed E-state index contributed by atoms with van der Waals surface area (Å²) in [4.78, 5) is 11.8. The van der Waals surface area contributed by atoms with E-state index in [9.17, 15) is 4.79 Å². The van der Waals surface area contributed by atoms with E-state index < -0.39 is 5.60 Å². The number of hydrogen-bond acceptors (Lipinski definition) is 3. The van der Waals surface area contributed by atoms with Gasteiger partial charge in [-0.05, 0) is 57.4 Å². The zero-order valence-electron chi connectivity index (χ0n) is 14.5. The smallest absolute Gasteiger partial charge is 0.338 e. The summed E-state index contributed by atoms with van der Waals surface area (Å²) in [5.74, 6) is 1.11. The first kappa shape index (κ1) is 19.5. The van der Waals surface area contributed by atoms with Crippen molar-refractivity contribution < 1.29 is 14.3 Å². The summed E-state index contributed by atoms with van der Waals surface area (Å²) in [6.07, 6.45) is 1.02. The molecule has 1 aromatic carbocycles. The number of rotatable bonds is 5. The van der Waals surface area contributed by atoms with Crippen LogP contribution in [0.3, 0.4) is 0 Å². The molecule has 0 spiro atoms. The van der Waals surface area contributed by atoms with Crippen LogP contribution in [0.5, 0.6) is 5.75 Å². The summed E-state index contributed by atoms with van der Waals surface area (Å²) in [5, 5.41) is 0. The Morgan fingerprint density at radius 1 is 1.10 bits per heavy atom. The predicted molar refractivity (Wildman–Crippen MR) is 87.9 cm³/mol. The second-order valence-electron chi connectivity index (χ2n) is 6.06. The molecule has 0 saturated carbocycles. The lowest BCUT2D eigenvalue weighted by molar-refractivity contribution is 0.00695. The maximum Gasteiger partial charge on any atom is 0.338 e. The maximum absolute atomic E-state index is 11.8. The molecule has 0 fully saturated rings. The van der Waals surface area contributed by atoms with Gasteiger partial charge in [-0.15, -0.1) is 0 Å². The largest absolute Gasteiger partial charge is 0.494 e. The lowest BCUT2D eigenvalue weighted by Crippen LogP contribution is -2.23. The first-order chi connectivity index (χ1) is 9.78. The summed E-state index contributed by atoms with van der Waals surface area (Å²) in [7, 11) is 0. The summed E-state index contributed by atoms with van der Waals surface area (Å²) < 4.78 is 10.9. The van der Waals surface area contributed by atoms with E-state index in [4.69, 9.17) is 9.47 Å². The van der Waals surface area contributed by atoms with Gasteiger partial charge in [0, 0.05) is 0 Å². The fraction of sp³-hybridized carbons (Fsp3) is 0.611. The molecule has 0 radical (unpaired) electrons. The van der Waals surface area contributed by atoms with Crippen molar-refractivity contribution in [1.29, 1.82) is 0 Å². The van der Waals surface area contributed by atoms with Gasteiger partial charge >= 0.3 is 5.97 Å². The van der Waals surface area contributed by atoms with Crippen LogP contribution in [0.1, 0.15) is 65.2 Å². The van der Waals surface area contributed by atoms with E-state index in [0.29, 0.717) is 18.1 Å². The van der Waals surface area contributed by atoms with E-state index in [1.165, 1.54) is 0 Å². The standard InChI is InChI=1S/C16H24O3.C2H6/c1-12(2)10-11-18-14-8-6-13(7-9-14)15(17)19-16(3,4)5;1-2/h6-9,12H,10-11H2,1-5H3;1-2H3. The van der Waals surface area contributed by atoms with Gasteiger partial charge in [-0.25, -0.2) is 4.79 Å². The second kappa shape index (κ2) is 9.43. The first-order valence-corrected chi connectivity index (χ1v) is 7.74. The maximum atomic E-state index is 11.8. The SMILES string of the molecule is CC.CC(C)CCOc1ccc(C(=O)OC(C)(C)C)cc1. The van der Waals surface area contributed by atoms with E-state index in [-0.39, 0.29) is 5.97 Å². The lowest BCUT2D eigenvalue weighted by Gasteiger charge is -2.19. The van der Waals surface area contributed by atoms with Crippen molar-refractivity contribution in [3.05, 3.63) is 29.8 Å². The molecule has 3 nitrogen and oxygen atoms in total. The molecule has 120 valence electrons. The van der Waals surface area contributed by atoms with Gasteiger partial charge in [0.05, 0.1) is 12.2 Å². The van der Waals surface area contributed by atoms with Gasteiger partial charge < -0.3 is 9.47 Å². The van der Waals surface area contributed by atoms with Crippen molar-refractivity contribution in [2.45, 2.75) is 60.5 Å². The minimum absolute atomic E-state index is 0.304. The minimum Gasteiger partial charge on any atom is -0.494 e. The highest BCUT2D eigenvalue weighted by molar-refractivity contribution is 5.89. The van der Waals surface area contributed by atoms with Crippen LogP contribution < -0.4 is 4.74 Å². The van der Waals surface area contributed by atoms with Crippen LogP contribution >= 0.6 is 0 Å². The Kier molecular flexibility index (Phi) is 8.75. The third kappa shape index (κ3) is 9.11. The number of carbonyl (C=O) groups is 1. The van der Waals surface area contributed by atoms with Gasteiger partial charge in [-0.1, -0.05) is 27.7 Å². The minimum atomic E-state index is -0.469. The summed E-state index contributed by atoms with van der Waals surface area (Å²) >= 11 is 0. The highest BCUT2D eigenvalue weighted by Gasteiger charge is 2.17. The van der Waals surface area contributed by atoms with E-state index in [0.717, 1.165) is 12.2 Å². The molecule has 1 aromatic rings. The second-order valence-corrected chi connectivity index (χ2v) is 6.06. The number of benzene rings is 1. The molecule has 0 aromatic heterocycles. The molecule has 0 aliphatic carbocycles. The van der Waals surface area contributed by atoms with Crippen LogP contribution in [0.2, 0.25) is 0 Å². The molecule has 1 rings (SSSR count). The van der Waals surface area contributed by atoms with Crippen LogP contribution in [-0.4, -0.2) is 18.2 Å². The molecular formula is C18H30O3. The van der Waals surface area contributed by atoms with Crippen LogP contribution in [0.15, 0.2) is 24.3 Å². The van der Waals surface area contributed by atoms with Crippen molar-refractivity contribution in [3.63, 3.8) is 0 Å². The number of hydrogen-bond donors (Lipinski definition) is 0. The van der Waals surface area contributed by atoms with Gasteiger partial charge in [0.25, 0.3) is 0 Å². The topological polar surface area (TPSA) is 35.5 Å². The molecule has 0 aliphatic heterocycles. The summed E-state index contributed by atoms with van der Waals surface area (Å²) in [6, 6.07) is 7.08. The fourth-order valence-corrected chi connectivity index (χ4v) is 1.44. The monoisotopic (exact) mass is 294 g/mol. The van der Waals surface area contributed by atoms with Crippen LogP contribution in [0, 0.1) is 5.92 Å². The molecule has 21 heavy (non-hydrogen) atoms. The van der Waals surface area contributed by atoms with Gasteiger partial charge in [0.1, 0.15) is 11.4 Å². The third-order valence-corrected chi connectivity index (χ3v) is 2.45. The Bertz CT molecular complexity index is 399. The summed E-state index contributed by atoms with van der Waals surface area (Å²) in [5.41, 5.74) is 0.0786. The Hall–Kier alpha value is -1.51. The molecule has 0 saturated heterocycles. The van der Waals surface area contributed by atoms with Gasteiger partial charge in [0.15, 0.2) is 0 Å². The molecule has 0 heterocycles. The third-order valence-electron chi connectivity index (χ3n) is 2.45. The van der Waals surface area contributed by atoms with E-state index >= 15 is 0 Å². The highest BCUT2D eigenvalue weighted by Crippen LogP contribution is 2.16.